The van der Waals surface area contributed by atoms with Crippen LogP contribution >= 0.6 is 0 Å². The Kier molecular flexibility index (Phi) is 6.42. The van der Waals surface area contributed by atoms with Crippen molar-refractivity contribution in [3.8, 4) is 11.8 Å². The Labute approximate surface area is 138 Å². The van der Waals surface area contributed by atoms with E-state index in [0.717, 1.165) is 44.6 Å². The summed E-state index contributed by atoms with van der Waals surface area (Å²) in [6, 6.07) is 9.29. The minimum Gasteiger partial charge on any atom is -0.494 e. The van der Waals surface area contributed by atoms with Crippen molar-refractivity contribution in [2.45, 2.75) is 19.3 Å². The van der Waals surface area contributed by atoms with Gasteiger partial charge in [0.05, 0.1) is 18.2 Å². The van der Waals surface area contributed by atoms with Gasteiger partial charge < -0.3 is 14.5 Å². The maximum Gasteiger partial charge on any atom is 0.225 e. The second-order valence-corrected chi connectivity index (χ2v) is 6.19. The quantitative estimate of drug-likeness (QED) is 0.755. The highest BCUT2D eigenvalue weighted by Crippen LogP contribution is 2.19. The second kappa shape index (κ2) is 8.54. The monoisotopic (exact) mass is 315 g/mol. The van der Waals surface area contributed by atoms with Gasteiger partial charge in [0, 0.05) is 26.6 Å². The Hall–Kier alpha value is -2.06. The Morgan fingerprint density at radius 2 is 1.96 bits per heavy atom. The number of carbonyl (C=O) groups is 1. The van der Waals surface area contributed by atoms with Crippen LogP contribution in [0.1, 0.15) is 24.8 Å². The van der Waals surface area contributed by atoms with Crippen LogP contribution in [0.2, 0.25) is 0 Å². The van der Waals surface area contributed by atoms with Crippen LogP contribution in [0.5, 0.6) is 5.75 Å². The predicted molar refractivity (Wildman–Crippen MR) is 89.1 cm³/mol. The molecule has 1 saturated heterocycles. The van der Waals surface area contributed by atoms with Gasteiger partial charge in [-0.2, -0.15) is 5.26 Å². The summed E-state index contributed by atoms with van der Waals surface area (Å²) in [4.78, 5) is 16.0. The van der Waals surface area contributed by atoms with Crippen LogP contribution in [-0.2, 0) is 4.79 Å². The zero-order valence-corrected chi connectivity index (χ0v) is 14.0. The minimum atomic E-state index is 0.191. The van der Waals surface area contributed by atoms with Crippen molar-refractivity contribution in [2.24, 2.45) is 5.92 Å². The summed E-state index contributed by atoms with van der Waals surface area (Å²) in [7, 11) is 3.66. The van der Waals surface area contributed by atoms with Gasteiger partial charge in [-0.25, -0.2) is 0 Å². The van der Waals surface area contributed by atoms with E-state index in [-0.39, 0.29) is 11.8 Å². The molecule has 5 nitrogen and oxygen atoms in total. The Morgan fingerprint density at radius 3 is 2.52 bits per heavy atom. The molecule has 1 fully saturated rings. The fourth-order valence-corrected chi connectivity index (χ4v) is 2.87. The van der Waals surface area contributed by atoms with Crippen LogP contribution in [0.4, 0.5) is 0 Å². The molecule has 1 aliphatic heterocycles. The summed E-state index contributed by atoms with van der Waals surface area (Å²) in [5.74, 6) is 1.25. The van der Waals surface area contributed by atoms with Crippen molar-refractivity contribution in [2.75, 3.05) is 40.3 Å². The van der Waals surface area contributed by atoms with Gasteiger partial charge in [-0.1, -0.05) is 0 Å². The van der Waals surface area contributed by atoms with Gasteiger partial charge in [0.2, 0.25) is 5.91 Å². The minimum absolute atomic E-state index is 0.191. The van der Waals surface area contributed by atoms with Crippen molar-refractivity contribution < 1.29 is 9.53 Å². The van der Waals surface area contributed by atoms with Crippen molar-refractivity contribution in [1.29, 1.82) is 5.26 Å². The molecular formula is C18H25N3O2. The van der Waals surface area contributed by atoms with Gasteiger partial charge in [-0.15, -0.1) is 0 Å². The van der Waals surface area contributed by atoms with Crippen molar-refractivity contribution >= 4 is 5.91 Å². The number of ether oxygens (including phenoxy) is 1. The fraction of sp³-hybridized carbons (Fsp3) is 0.556. The number of piperidine rings is 1. The molecule has 1 heterocycles. The number of rotatable bonds is 6. The van der Waals surface area contributed by atoms with Crippen LogP contribution in [-0.4, -0.2) is 56.0 Å². The normalized spacial score (nSPS) is 15.9. The highest BCUT2D eigenvalue weighted by Gasteiger charge is 2.25. The summed E-state index contributed by atoms with van der Waals surface area (Å²) in [5.41, 5.74) is 0.646. The van der Waals surface area contributed by atoms with E-state index in [1.165, 1.54) is 0 Å². The number of nitriles is 1. The first-order valence-corrected chi connectivity index (χ1v) is 8.16. The van der Waals surface area contributed by atoms with Gasteiger partial charge >= 0.3 is 0 Å². The van der Waals surface area contributed by atoms with E-state index in [4.69, 9.17) is 10.00 Å². The fourth-order valence-electron chi connectivity index (χ4n) is 2.87. The van der Waals surface area contributed by atoms with Crippen LogP contribution in [0.25, 0.3) is 0 Å². The molecule has 0 aliphatic carbocycles. The zero-order chi connectivity index (χ0) is 16.7. The molecule has 1 aromatic rings. The number of amides is 1. The third-order valence-corrected chi connectivity index (χ3v) is 4.25. The molecule has 0 bridgehead atoms. The number of hydrogen-bond donors (Lipinski definition) is 0. The zero-order valence-electron chi connectivity index (χ0n) is 14.0. The first kappa shape index (κ1) is 17.3. The van der Waals surface area contributed by atoms with Crippen LogP contribution in [0.15, 0.2) is 24.3 Å². The molecule has 5 heteroatoms. The van der Waals surface area contributed by atoms with Gasteiger partial charge in [0.25, 0.3) is 0 Å². The number of carbonyl (C=O) groups excluding carboxylic acids is 1. The highest BCUT2D eigenvalue weighted by atomic mass is 16.5. The van der Waals surface area contributed by atoms with Gasteiger partial charge in [-0.05, 0) is 56.6 Å². The molecule has 0 atom stereocenters. The maximum absolute atomic E-state index is 11.9. The molecule has 23 heavy (non-hydrogen) atoms. The van der Waals surface area contributed by atoms with E-state index < -0.39 is 0 Å². The SMILES string of the molecule is CN(C)C(=O)C1CCN(CCCOc2ccc(C#N)cc2)CC1. The molecule has 0 saturated carbocycles. The lowest BCUT2D eigenvalue weighted by atomic mass is 9.95. The molecule has 1 aromatic carbocycles. The topological polar surface area (TPSA) is 56.6 Å². The standard InChI is InChI=1S/C18H25N3O2/c1-20(2)18(22)16-8-11-21(12-9-16)10-3-13-23-17-6-4-15(14-19)5-7-17/h4-7,16H,3,8-13H2,1-2H3. The van der Waals surface area contributed by atoms with Gasteiger partial charge in [0.1, 0.15) is 5.75 Å². The molecular weight excluding hydrogens is 290 g/mol. The number of nitrogens with zero attached hydrogens (tertiary/aromatic N) is 3. The third kappa shape index (κ3) is 5.26. The van der Waals surface area contributed by atoms with Gasteiger partial charge in [-0.3, -0.25) is 4.79 Å². The maximum atomic E-state index is 11.9. The number of likely N-dealkylation sites (tertiary alicyclic amines) is 1. The van der Waals surface area contributed by atoms with E-state index in [0.29, 0.717) is 12.2 Å². The number of benzene rings is 1. The van der Waals surface area contributed by atoms with Crippen LogP contribution < -0.4 is 4.74 Å². The lowest BCUT2D eigenvalue weighted by Gasteiger charge is -2.32. The summed E-state index contributed by atoms with van der Waals surface area (Å²) < 4.78 is 5.69. The molecule has 1 aliphatic rings. The lowest BCUT2D eigenvalue weighted by molar-refractivity contribution is -0.134. The summed E-state index contributed by atoms with van der Waals surface area (Å²) in [5, 5.41) is 8.75. The Morgan fingerprint density at radius 1 is 1.30 bits per heavy atom. The molecule has 1 amide bonds. The third-order valence-electron chi connectivity index (χ3n) is 4.25. The first-order chi connectivity index (χ1) is 11.1. The Balaban J connectivity index is 1.62. The van der Waals surface area contributed by atoms with Crippen molar-refractivity contribution in [3.05, 3.63) is 29.8 Å². The second-order valence-electron chi connectivity index (χ2n) is 6.19. The molecule has 0 aromatic heterocycles. The smallest absolute Gasteiger partial charge is 0.225 e. The Bertz CT molecular complexity index is 540. The largest absolute Gasteiger partial charge is 0.494 e. The van der Waals surface area contributed by atoms with Crippen molar-refractivity contribution in [1.82, 2.24) is 9.80 Å². The summed E-state index contributed by atoms with van der Waals surface area (Å²) in [6.45, 7) is 3.64. The van der Waals surface area contributed by atoms with E-state index in [2.05, 4.69) is 11.0 Å². The van der Waals surface area contributed by atoms with E-state index in [1.807, 2.05) is 26.2 Å². The molecule has 0 spiro atoms. The van der Waals surface area contributed by atoms with Crippen molar-refractivity contribution in [3.63, 3.8) is 0 Å². The summed E-state index contributed by atoms with van der Waals surface area (Å²) >= 11 is 0. The first-order valence-electron chi connectivity index (χ1n) is 8.16. The van der Waals surface area contributed by atoms with Gasteiger partial charge in [0.15, 0.2) is 0 Å². The predicted octanol–water partition coefficient (Wildman–Crippen LogP) is 2.13. The molecule has 2 rings (SSSR count). The average molecular weight is 315 g/mol. The molecule has 0 N–H and O–H groups in total. The molecule has 0 unspecified atom stereocenters. The lowest BCUT2D eigenvalue weighted by Crippen LogP contribution is -2.40. The van der Waals surface area contributed by atoms with E-state index in [1.54, 1.807) is 17.0 Å². The molecule has 124 valence electrons. The van der Waals surface area contributed by atoms with E-state index >= 15 is 0 Å². The van der Waals surface area contributed by atoms with Crippen LogP contribution in [0.3, 0.4) is 0 Å². The average Bonchev–Trinajstić information content (AvgIpc) is 2.59. The highest BCUT2D eigenvalue weighted by molar-refractivity contribution is 5.78. The number of hydrogen-bond acceptors (Lipinski definition) is 4. The molecule has 0 radical (unpaired) electrons. The van der Waals surface area contributed by atoms with Crippen LogP contribution in [0, 0.1) is 17.2 Å². The van der Waals surface area contributed by atoms with E-state index in [9.17, 15) is 4.79 Å². The summed E-state index contributed by atoms with van der Waals surface area (Å²) in [6.07, 6.45) is 2.87.